The van der Waals surface area contributed by atoms with Crippen LogP contribution in [-0.2, 0) is 4.79 Å². The molecule has 6 nitrogen and oxygen atoms in total. The zero-order valence-corrected chi connectivity index (χ0v) is 18.0. The van der Waals surface area contributed by atoms with Crippen LogP contribution in [0.5, 0.6) is 0 Å². The van der Waals surface area contributed by atoms with Gasteiger partial charge in [-0.1, -0.05) is 18.6 Å². The van der Waals surface area contributed by atoms with E-state index in [0.29, 0.717) is 5.91 Å². The summed E-state index contributed by atoms with van der Waals surface area (Å²) in [6.07, 6.45) is 7.10. The van der Waals surface area contributed by atoms with Crippen LogP contribution in [0.25, 0.3) is 0 Å². The van der Waals surface area contributed by atoms with Crippen LogP contribution in [0.1, 0.15) is 30.4 Å². The van der Waals surface area contributed by atoms with Gasteiger partial charge in [-0.05, 0) is 49.9 Å². The molecule has 30 heavy (non-hydrogen) atoms. The number of amides is 1. The number of benzene rings is 1. The lowest BCUT2D eigenvalue weighted by Crippen LogP contribution is -2.53. The predicted octanol–water partition coefficient (Wildman–Crippen LogP) is 3.05. The number of aryl methyl sites for hydroxylation is 1. The van der Waals surface area contributed by atoms with Crippen molar-refractivity contribution in [1.82, 2.24) is 14.9 Å². The highest BCUT2D eigenvalue weighted by molar-refractivity contribution is 5.82. The molecule has 3 heterocycles. The van der Waals surface area contributed by atoms with Gasteiger partial charge >= 0.3 is 0 Å². The van der Waals surface area contributed by atoms with Crippen molar-refractivity contribution in [2.24, 2.45) is 11.3 Å². The van der Waals surface area contributed by atoms with Gasteiger partial charge in [0, 0.05) is 62.8 Å². The third-order valence-electron chi connectivity index (χ3n) is 7.64. The summed E-state index contributed by atoms with van der Waals surface area (Å²) >= 11 is 0. The van der Waals surface area contributed by atoms with Gasteiger partial charge in [-0.3, -0.25) is 4.79 Å². The van der Waals surface area contributed by atoms with Crippen molar-refractivity contribution in [3.8, 4) is 0 Å². The van der Waals surface area contributed by atoms with Crippen molar-refractivity contribution < 1.29 is 4.79 Å². The standard InChI is InChI=1S/C24H31N5O/c1-18-6-3-7-21(19(18)2)27-12-14-28(15-13-27)22(30)20-16-29(17-24(20)8-4-9-24)23-25-10-5-11-26-23/h3,5-7,10-11,20H,4,8-9,12-17H2,1-2H3. The first-order valence-electron chi connectivity index (χ1n) is 11.2. The quantitative estimate of drug-likeness (QED) is 0.786. The van der Waals surface area contributed by atoms with Crippen molar-refractivity contribution >= 4 is 17.5 Å². The molecule has 1 amide bonds. The van der Waals surface area contributed by atoms with Crippen molar-refractivity contribution in [3.63, 3.8) is 0 Å². The smallest absolute Gasteiger partial charge is 0.228 e. The number of rotatable bonds is 3. The third-order valence-corrected chi connectivity index (χ3v) is 7.64. The Morgan fingerprint density at radius 1 is 1.00 bits per heavy atom. The number of nitrogens with zero attached hydrogens (tertiary/aromatic N) is 5. The molecule has 2 aromatic rings. The fourth-order valence-electron chi connectivity index (χ4n) is 5.52. The van der Waals surface area contributed by atoms with Crippen LogP contribution < -0.4 is 9.80 Å². The van der Waals surface area contributed by atoms with E-state index in [9.17, 15) is 4.79 Å². The Balaban J connectivity index is 1.28. The maximum Gasteiger partial charge on any atom is 0.228 e. The summed E-state index contributed by atoms with van der Waals surface area (Å²) < 4.78 is 0. The Labute approximate surface area is 178 Å². The van der Waals surface area contributed by atoms with Gasteiger partial charge < -0.3 is 14.7 Å². The molecule has 1 saturated carbocycles. The van der Waals surface area contributed by atoms with Gasteiger partial charge in [0.2, 0.25) is 11.9 Å². The summed E-state index contributed by atoms with van der Waals surface area (Å²) in [6.45, 7) is 9.44. The highest BCUT2D eigenvalue weighted by atomic mass is 16.2. The van der Waals surface area contributed by atoms with Gasteiger partial charge in [-0.15, -0.1) is 0 Å². The Kier molecular flexibility index (Phi) is 4.88. The van der Waals surface area contributed by atoms with Crippen LogP contribution in [0.4, 0.5) is 11.6 Å². The molecule has 2 saturated heterocycles. The minimum Gasteiger partial charge on any atom is -0.368 e. The van der Waals surface area contributed by atoms with Crippen LogP contribution in [0.15, 0.2) is 36.7 Å². The zero-order valence-electron chi connectivity index (χ0n) is 18.0. The molecule has 1 atom stereocenters. The van der Waals surface area contributed by atoms with Crippen LogP contribution >= 0.6 is 0 Å². The third kappa shape index (κ3) is 3.22. The molecular weight excluding hydrogens is 374 g/mol. The van der Waals surface area contributed by atoms with Crippen molar-refractivity contribution in [3.05, 3.63) is 47.8 Å². The van der Waals surface area contributed by atoms with Crippen LogP contribution in [-0.4, -0.2) is 60.0 Å². The Hall–Kier alpha value is -2.63. The average molecular weight is 406 g/mol. The molecule has 1 spiro atoms. The minimum absolute atomic E-state index is 0.0716. The van der Waals surface area contributed by atoms with E-state index in [1.807, 2.05) is 6.07 Å². The Morgan fingerprint density at radius 3 is 2.40 bits per heavy atom. The number of hydrogen-bond acceptors (Lipinski definition) is 5. The zero-order chi connectivity index (χ0) is 20.7. The van der Waals surface area contributed by atoms with Gasteiger partial charge in [0.25, 0.3) is 0 Å². The highest BCUT2D eigenvalue weighted by Gasteiger charge is 2.54. The van der Waals surface area contributed by atoms with Crippen molar-refractivity contribution in [2.45, 2.75) is 33.1 Å². The van der Waals surface area contributed by atoms with E-state index in [4.69, 9.17) is 0 Å². The van der Waals surface area contributed by atoms with E-state index in [0.717, 1.165) is 58.1 Å². The summed E-state index contributed by atoms with van der Waals surface area (Å²) in [5, 5.41) is 0. The summed E-state index contributed by atoms with van der Waals surface area (Å²) in [7, 11) is 0. The van der Waals surface area contributed by atoms with Gasteiger partial charge in [0.15, 0.2) is 0 Å². The second-order valence-corrected chi connectivity index (χ2v) is 9.23. The van der Waals surface area contributed by atoms with Crippen LogP contribution in [0, 0.1) is 25.2 Å². The fraction of sp³-hybridized carbons (Fsp3) is 0.542. The Bertz CT molecular complexity index is 918. The molecule has 5 rings (SSSR count). The van der Waals surface area contributed by atoms with Crippen LogP contribution in [0.3, 0.4) is 0 Å². The normalized spacial score (nSPS) is 23.0. The summed E-state index contributed by atoms with van der Waals surface area (Å²) in [4.78, 5) is 29.2. The van der Waals surface area contributed by atoms with Gasteiger partial charge in [-0.25, -0.2) is 9.97 Å². The van der Waals surface area contributed by atoms with E-state index >= 15 is 0 Å². The topological polar surface area (TPSA) is 52.6 Å². The lowest BCUT2D eigenvalue weighted by Gasteiger charge is -2.44. The molecule has 1 aromatic heterocycles. The number of anilines is 2. The maximum atomic E-state index is 13.6. The fourth-order valence-corrected chi connectivity index (χ4v) is 5.52. The second-order valence-electron chi connectivity index (χ2n) is 9.23. The first kappa shape index (κ1) is 19.3. The number of aromatic nitrogens is 2. The number of carbonyl (C=O) groups excluding carboxylic acids is 1. The van der Waals surface area contributed by atoms with Gasteiger partial charge in [0.05, 0.1) is 5.92 Å². The molecular formula is C24H31N5O. The van der Waals surface area contributed by atoms with E-state index in [1.165, 1.54) is 23.2 Å². The van der Waals surface area contributed by atoms with E-state index in [-0.39, 0.29) is 11.3 Å². The van der Waals surface area contributed by atoms with Crippen molar-refractivity contribution in [1.29, 1.82) is 0 Å². The molecule has 2 aliphatic heterocycles. The molecule has 3 fully saturated rings. The molecule has 0 N–H and O–H groups in total. The number of piperazine rings is 1. The van der Waals surface area contributed by atoms with Crippen molar-refractivity contribution in [2.75, 3.05) is 49.1 Å². The summed E-state index contributed by atoms with van der Waals surface area (Å²) in [5.74, 6) is 1.18. The predicted molar refractivity (Wildman–Crippen MR) is 119 cm³/mol. The minimum atomic E-state index is 0.0716. The molecule has 6 heteroatoms. The van der Waals surface area contributed by atoms with Gasteiger partial charge in [-0.2, -0.15) is 0 Å². The molecule has 0 radical (unpaired) electrons. The molecule has 0 bridgehead atoms. The SMILES string of the molecule is Cc1cccc(N2CCN(C(=O)C3CN(c4ncccn4)CC34CCC4)CC2)c1C. The van der Waals surface area contributed by atoms with E-state index in [1.54, 1.807) is 12.4 Å². The molecule has 1 unspecified atom stereocenters. The number of carbonyl (C=O) groups is 1. The second kappa shape index (κ2) is 7.56. The molecule has 158 valence electrons. The molecule has 3 aliphatic rings. The molecule has 1 aliphatic carbocycles. The largest absolute Gasteiger partial charge is 0.368 e. The lowest BCUT2D eigenvalue weighted by molar-refractivity contribution is -0.140. The average Bonchev–Trinajstić information content (AvgIpc) is 3.18. The van der Waals surface area contributed by atoms with Gasteiger partial charge in [0.1, 0.15) is 0 Å². The summed E-state index contributed by atoms with van der Waals surface area (Å²) in [6, 6.07) is 8.35. The maximum absolute atomic E-state index is 13.6. The first-order chi connectivity index (χ1) is 14.6. The molecule has 1 aromatic carbocycles. The Morgan fingerprint density at radius 2 is 1.73 bits per heavy atom. The lowest BCUT2D eigenvalue weighted by atomic mass is 9.62. The monoisotopic (exact) mass is 405 g/mol. The van der Waals surface area contributed by atoms with E-state index in [2.05, 4.69) is 56.7 Å². The van der Waals surface area contributed by atoms with Crippen LogP contribution in [0.2, 0.25) is 0 Å². The van der Waals surface area contributed by atoms with E-state index < -0.39 is 0 Å². The summed E-state index contributed by atoms with van der Waals surface area (Å²) in [5.41, 5.74) is 4.11. The highest BCUT2D eigenvalue weighted by Crippen LogP contribution is 2.52. The first-order valence-corrected chi connectivity index (χ1v) is 11.2. The number of hydrogen-bond donors (Lipinski definition) is 0.